The maximum atomic E-state index is 12.4. The second-order valence-electron chi connectivity index (χ2n) is 7.82. The van der Waals surface area contributed by atoms with E-state index in [1.54, 1.807) is 6.26 Å². The van der Waals surface area contributed by atoms with Crippen LogP contribution in [0.1, 0.15) is 39.3 Å². The van der Waals surface area contributed by atoms with E-state index in [9.17, 15) is 4.79 Å². The van der Waals surface area contributed by atoms with Crippen LogP contribution in [0, 0.1) is 5.92 Å². The Morgan fingerprint density at radius 3 is 2.80 bits per heavy atom. The predicted molar refractivity (Wildman–Crippen MR) is 97.8 cm³/mol. The fraction of sp³-hybridized carbons (Fsp3) is 0.500. The molecule has 2 heterocycles. The second-order valence-corrected chi connectivity index (χ2v) is 7.82. The largest absolute Gasteiger partial charge is 0.444 e. The third kappa shape index (κ3) is 4.92. The van der Waals surface area contributed by atoms with Crippen LogP contribution in [-0.4, -0.2) is 34.4 Å². The van der Waals surface area contributed by atoms with E-state index in [1.807, 2.05) is 51.1 Å². The van der Waals surface area contributed by atoms with Crippen LogP contribution < -0.4 is 5.32 Å². The highest BCUT2D eigenvalue weighted by atomic mass is 16.3. The molecule has 25 heavy (non-hydrogen) atoms. The SMILES string of the molecule is CC(C)(C)NC(=O)[C@H]1CCCN(Cc2coc(-c3ccccc3)n2)C1. The molecule has 0 unspecified atom stereocenters. The minimum atomic E-state index is -0.184. The molecule has 1 atom stereocenters. The monoisotopic (exact) mass is 341 g/mol. The Hall–Kier alpha value is -2.14. The summed E-state index contributed by atoms with van der Waals surface area (Å²) in [6.45, 7) is 8.54. The van der Waals surface area contributed by atoms with Gasteiger partial charge < -0.3 is 9.73 Å². The Kier molecular flexibility index (Phi) is 5.23. The van der Waals surface area contributed by atoms with Crippen LogP contribution >= 0.6 is 0 Å². The van der Waals surface area contributed by atoms with Crippen molar-refractivity contribution in [2.45, 2.75) is 45.7 Å². The highest BCUT2D eigenvalue weighted by molar-refractivity contribution is 5.79. The Morgan fingerprint density at radius 2 is 2.08 bits per heavy atom. The minimum absolute atomic E-state index is 0.0495. The lowest BCUT2D eigenvalue weighted by molar-refractivity contribution is -0.128. The van der Waals surface area contributed by atoms with Crippen LogP contribution in [-0.2, 0) is 11.3 Å². The smallest absolute Gasteiger partial charge is 0.226 e. The molecule has 5 heteroatoms. The van der Waals surface area contributed by atoms with Crippen molar-refractivity contribution >= 4 is 5.91 Å². The van der Waals surface area contributed by atoms with Gasteiger partial charge in [0.2, 0.25) is 11.8 Å². The second kappa shape index (κ2) is 7.40. The standard InChI is InChI=1S/C20H27N3O2/c1-20(2,3)22-18(24)16-10-7-11-23(12-16)13-17-14-25-19(21-17)15-8-5-4-6-9-15/h4-6,8-9,14,16H,7,10-13H2,1-3H3,(H,22,24)/t16-/m0/s1. The first kappa shape index (κ1) is 17.7. The molecule has 1 aromatic carbocycles. The molecule has 0 spiro atoms. The molecule has 1 aromatic heterocycles. The van der Waals surface area contributed by atoms with E-state index in [0.717, 1.165) is 43.7 Å². The number of carbonyl (C=O) groups is 1. The minimum Gasteiger partial charge on any atom is -0.444 e. The molecular formula is C20H27N3O2. The third-order valence-corrected chi connectivity index (χ3v) is 4.33. The lowest BCUT2D eigenvalue weighted by Gasteiger charge is -2.33. The van der Waals surface area contributed by atoms with E-state index >= 15 is 0 Å². The first-order valence-electron chi connectivity index (χ1n) is 8.95. The molecule has 1 aliphatic heterocycles. The van der Waals surface area contributed by atoms with Crippen molar-refractivity contribution < 1.29 is 9.21 Å². The van der Waals surface area contributed by atoms with E-state index in [4.69, 9.17) is 4.42 Å². The highest BCUT2D eigenvalue weighted by Gasteiger charge is 2.28. The first-order chi connectivity index (χ1) is 11.9. The van der Waals surface area contributed by atoms with E-state index in [0.29, 0.717) is 5.89 Å². The van der Waals surface area contributed by atoms with E-state index in [2.05, 4.69) is 15.2 Å². The van der Waals surface area contributed by atoms with Crippen molar-refractivity contribution in [3.8, 4) is 11.5 Å². The molecule has 1 fully saturated rings. The lowest BCUT2D eigenvalue weighted by Crippen LogP contribution is -2.48. The van der Waals surface area contributed by atoms with Gasteiger partial charge in [0.1, 0.15) is 6.26 Å². The van der Waals surface area contributed by atoms with Crippen LogP contribution in [0.4, 0.5) is 0 Å². The number of amides is 1. The maximum absolute atomic E-state index is 12.4. The maximum Gasteiger partial charge on any atom is 0.226 e. The number of oxazole rings is 1. The number of piperidine rings is 1. The van der Waals surface area contributed by atoms with Gasteiger partial charge in [-0.05, 0) is 52.3 Å². The summed E-state index contributed by atoms with van der Waals surface area (Å²) in [5, 5.41) is 3.10. The molecule has 0 bridgehead atoms. The van der Waals surface area contributed by atoms with Gasteiger partial charge in [0.15, 0.2) is 0 Å². The average Bonchev–Trinajstić information content (AvgIpc) is 3.03. The molecule has 134 valence electrons. The van der Waals surface area contributed by atoms with Crippen molar-refractivity contribution in [1.82, 2.24) is 15.2 Å². The zero-order valence-electron chi connectivity index (χ0n) is 15.3. The van der Waals surface area contributed by atoms with Gasteiger partial charge in [-0.1, -0.05) is 18.2 Å². The fourth-order valence-electron chi connectivity index (χ4n) is 3.21. The topological polar surface area (TPSA) is 58.4 Å². The molecule has 5 nitrogen and oxygen atoms in total. The quantitative estimate of drug-likeness (QED) is 0.925. The van der Waals surface area contributed by atoms with Crippen molar-refractivity contribution in [1.29, 1.82) is 0 Å². The molecular weight excluding hydrogens is 314 g/mol. The van der Waals surface area contributed by atoms with Gasteiger partial charge in [0, 0.05) is 24.2 Å². The number of hydrogen-bond donors (Lipinski definition) is 1. The Balaban J connectivity index is 1.60. The lowest BCUT2D eigenvalue weighted by atomic mass is 9.95. The molecule has 1 saturated heterocycles. The van der Waals surface area contributed by atoms with Crippen LogP contribution in [0.25, 0.3) is 11.5 Å². The Labute approximate surface area is 149 Å². The average molecular weight is 341 g/mol. The number of rotatable bonds is 4. The molecule has 3 rings (SSSR count). The van der Waals surface area contributed by atoms with Gasteiger partial charge in [0.25, 0.3) is 0 Å². The number of nitrogens with one attached hydrogen (secondary N) is 1. The molecule has 0 radical (unpaired) electrons. The summed E-state index contributed by atoms with van der Waals surface area (Å²) in [6.07, 6.45) is 3.71. The summed E-state index contributed by atoms with van der Waals surface area (Å²) in [4.78, 5) is 19.3. The number of likely N-dealkylation sites (tertiary alicyclic amines) is 1. The summed E-state index contributed by atoms with van der Waals surface area (Å²) in [5.41, 5.74) is 1.71. The van der Waals surface area contributed by atoms with E-state index in [-0.39, 0.29) is 17.4 Å². The third-order valence-electron chi connectivity index (χ3n) is 4.33. The Bertz CT molecular complexity index is 703. The summed E-state index contributed by atoms with van der Waals surface area (Å²) >= 11 is 0. The number of aromatic nitrogens is 1. The summed E-state index contributed by atoms with van der Waals surface area (Å²) in [7, 11) is 0. The zero-order chi connectivity index (χ0) is 17.9. The molecule has 2 aromatic rings. The van der Waals surface area contributed by atoms with Crippen LogP contribution in [0.2, 0.25) is 0 Å². The Morgan fingerprint density at radius 1 is 1.32 bits per heavy atom. The summed E-state index contributed by atoms with van der Waals surface area (Å²) < 4.78 is 5.62. The van der Waals surface area contributed by atoms with Crippen LogP contribution in [0.15, 0.2) is 41.0 Å². The fourth-order valence-corrected chi connectivity index (χ4v) is 3.21. The molecule has 0 saturated carbocycles. The van der Waals surface area contributed by atoms with Crippen LogP contribution in [0.3, 0.4) is 0 Å². The summed E-state index contributed by atoms with van der Waals surface area (Å²) in [6, 6.07) is 9.90. The van der Waals surface area contributed by atoms with Crippen molar-refractivity contribution in [2.75, 3.05) is 13.1 Å². The molecule has 0 aliphatic carbocycles. The first-order valence-corrected chi connectivity index (χ1v) is 8.95. The van der Waals surface area contributed by atoms with Gasteiger partial charge in [-0.3, -0.25) is 9.69 Å². The molecule has 1 aliphatic rings. The number of carbonyl (C=O) groups excluding carboxylic acids is 1. The normalized spacial score (nSPS) is 18.9. The van der Waals surface area contributed by atoms with Gasteiger partial charge in [0.05, 0.1) is 11.6 Å². The molecule has 1 amide bonds. The molecule has 1 N–H and O–H groups in total. The number of hydrogen-bond acceptors (Lipinski definition) is 4. The zero-order valence-corrected chi connectivity index (χ0v) is 15.3. The van der Waals surface area contributed by atoms with Gasteiger partial charge in [-0.25, -0.2) is 4.98 Å². The van der Waals surface area contributed by atoms with E-state index in [1.165, 1.54) is 0 Å². The van der Waals surface area contributed by atoms with Crippen molar-refractivity contribution in [3.05, 3.63) is 42.3 Å². The van der Waals surface area contributed by atoms with Gasteiger partial charge >= 0.3 is 0 Å². The van der Waals surface area contributed by atoms with Crippen molar-refractivity contribution in [2.24, 2.45) is 5.92 Å². The van der Waals surface area contributed by atoms with E-state index < -0.39 is 0 Å². The predicted octanol–water partition coefficient (Wildman–Crippen LogP) is 3.47. The highest BCUT2D eigenvalue weighted by Crippen LogP contribution is 2.22. The van der Waals surface area contributed by atoms with Crippen molar-refractivity contribution in [3.63, 3.8) is 0 Å². The van der Waals surface area contributed by atoms with Crippen LogP contribution in [0.5, 0.6) is 0 Å². The number of benzene rings is 1. The number of nitrogens with zero attached hydrogens (tertiary/aromatic N) is 2. The van der Waals surface area contributed by atoms with Gasteiger partial charge in [-0.2, -0.15) is 0 Å². The van der Waals surface area contributed by atoms with Gasteiger partial charge in [-0.15, -0.1) is 0 Å². The summed E-state index contributed by atoms with van der Waals surface area (Å²) in [5.74, 6) is 0.852.